The second-order valence-corrected chi connectivity index (χ2v) is 5.62. The van der Waals surface area contributed by atoms with Crippen molar-refractivity contribution in [3.63, 3.8) is 0 Å². The molecule has 0 aliphatic rings. The number of thioether (sulfide) groups is 1. The van der Waals surface area contributed by atoms with Gasteiger partial charge in [0.2, 0.25) is 0 Å². The normalized spacial score (nSPS) is 12.1. The van der Waals surface area contributed by atoms with Crippen LogP contribution in [-0.2, 0) is 0 Å². The van der Waals surface area contributed by atoms with E-state index >= 15 is 0 Å². The zero-order valence-electron chi connectivity index (χ0n) is 12.7. The number of ether oxygens (including phenoxy) is 1. The summed E-state index contributed by atoms with van der Waals surface area (Å²) in [4.78, 5) is 8.70. The summed E-state index contributed by atoms with van der Waals surface area (Å²) in [5.41, 5.74) is 2.23. The Labute approximate surface area is 130 Å². The van der Waals surface area contributed by atoms with Gasteiger partial charge in [0.25, 0.3) is 0 Å². The Morgan fingerprint density at radius 1 is 1.24 bits per heavy atom. The zero-order chi connectivity index (χ0) is 15.1. The Morgan fingerprint density at radius 3 is 2.62 bits per heavy atom. The average molecular weight is 303 g/mol. The van der Waals surface area contributed by atoms with Gasteiger partial charge in [-0.3, -0.25) is 0 Å². The number of rotatable bonds is 7. The van der Waals surface area contributed by atoms with E-state index in [2.05, 4.69) is 27.4 Å². The summed E-state index contributed by atoms with van der Waals surface area (Å²) in [5.74, 6) is 1.79. The highest BCUT2D eigenvalue weighted by molar-refractivity contribution is 7.99. The molecule has 1 atom stereocenters. The lowest BCUT2D eigenvalue weighted by Crippen LogP contribution is -2.18. The van der Waals surface area contributed by atoms with Crippen LogP contribution in [0.15, 0.2) is 41.7 Å². The first-order valence-electron chi connectivity index (χ1n) is 7.05. The Morgan fingerprint density at radius 2 is 2.00 bits per heavy atom. The van der Waals surface area contributed by atoms with Gasteiger partial charge in [0, 0.05) is 23.7 Å². The van der Waals surface area contributed by atoms with Crippen molar-refractivity contribution < 1.29 is 4.74 Å². The molecule has 0 amide bonds. The largest absolute Gasteiger partial charge is 0.494 e. The number of hydrogen-bond acceptors (Lipinski definition) is 5. The van der Waals surface area contributed by atoms with E-state index in [4.69, 9.17) is 4.74 Å². The third kappa shape index (κ3) is 4.72. The summed E-state index contributed by atoms with van der Waals surface area (Å²) in [6.07, 6.45) is 1.80. The van der Waals surface area contributed by atoms with E-state index in [1.165, 1.54) is 5.56 Å². The number of aryl methyl sites for hydroxylation is 1. The van der Waals surface area contributed by atoms with Crippen LogP contribution >= 0.6 is 11.8 Å². The highest BCUT2D eigenvalue weighted by Crippen LogP contribution is 2.23. The minimum Gasteiger partial charge on any atom is -0.494 e. The second-order valence-electron chi connectivity index (χ2n) is 4.63. The number of hydrogen-bond donors (Lipinski definition) is 1. The fourth-order valence-electron chi connectivity index (χ4n) is 1.96. The molecule has 2 rings (SSSR count). The van der Waals surface area contributed by atoms with E-state index in [0.717, 1.165) is 22.4 Å². The van der Waals surface area contributed by atoms with Gasteiger partial charge in [-0.1, -0.05) is 23.9 Å². The van der Waals surface area contributed by atoms with Crippen molar-refractivity contribution in [3.05, 3.63) is 47.8 Å². The molecule has 112 valence electrons. The molecule has 0 spiro atoms. The van der Waals surface area contributed by atoms with Gasteiger partial charge in [0.05, 0.1) is 6.61 Å². The van der Waals surface area contributed by atoms with Crippen molar-refractivity contribution in [1.82, 2.24) is 15.3 Å². The predicted molar refractivity (Wildman–Crippen MR) is 86.9 cm³/mol. The van der Waals surface area contributed by atoms with E-state index < -0.39 is 0 Å². The molecular weight excluding hydrogens is 282 g/mol. The monoisotopic (exact) mass is 303 g/mol. The van der Waals surface area contributed by atoms with Crippen molar-refractivity contribution in [3.8, 4) is 5.75 Å². The molecule has 0 saturated carbocycles. The van der Waals surface area contributed by atoms with E-state index in [1.54, 1.807) is 18.0 Å². The Balaban J connectivity index is 1.99. The standard InChI is InChI=1S/C16H21N3OS/c1-4-20-14-7-5-13(6-8-14)15(17-3)11-21-16-18-10-9-12(2)19-16/h5-10,15,17H,4,11H2,1-3H3. The van der Waals surface area contributed by atoms with Crippen molar-refractivity contribution in [2.75, 3.05) is 19.4 Å². The van der Waals surface area contributed by atoms with E-state index in [9.17, 15) is 0 Å². The van der Waals surface area contributed by atoms with Crippen molar-refractivity contribution >= 4 is 11.8 Å². The molecule has 0 radical (unpaired) electrons. The molecule has 0 aliphatic carbocycles. The van der Waals surface area contributed by atoms with Gasteiger partial charge in [-0.2, -0.15) is 0 Å². The Kier molecular flexibility index (Phi) is 6.02. The van der Waals surface area contributed by atoms with Crippen LogP contribution in [0.3, 0.4) is 0 Å². The lowest BCUT2D eigenvalue weighted by atomic mass is 10.1. The topological polar surface area (TPSA) is 47.0 Å². The van der Waals surface area contributed by atoms with Gasteiger partial charge in [-0.15, -0.1) is 0 Å². The van der Waals surface area contributed by atoms with Gasteiger partial charge in [-0.25, -0.2) is 9.97 Å². The summed E-state index contributed by atoms with van der Waals surface area (Å²) in [7, 11) is 1.97. The predicted octanol–water partition coefficient (Wildman–Crippen LogP) is 3.24. The molecule has 0 aliphatic heterocycles. The molecule has 1 aromatic carbocycles. The van der Waals surface area contributed by atoms with Crippen LogP contribution in [0.5, 0.6) is 5.75 Å². The van der Waals surface area contributed by atoms with Crippen LogP contribution in [0.4, 0.5) is 0 Å². The van der Waals surface area contributed by atoms with Crippen molar-refractivity contribution in [2.45, 2.75) is 25.0 Å². The quantitative estimate of drug-likeness (QED) is 0.628. The van der Waals surface area contributed by atoms with Crippen LogP contribution in [0.25, 0.3) is 0 Å². The summed E-state index contributed by atoms with van der Waals surface area (Å²) < 4.78 is 5.47. The zero-order valence-corrected chi connectivity index (χ0v) is 13.5. The first-order valence-corrected chi connectivity index (χ1v) is 8.04. The fourth-order valence-corrected chi connectivity index (χ4v) is 2.98. The van der Waals surface area contributed by atoms with Crippen LogP contribution in [-0.4, -0.2) is 29.4 Å². The minimum atomic E-state index is 0.259. The highest BCUT2D eigenvalue weighted by Gasteiger charge is 2.11. The van der Waals surface area contributed by atoms with Crippen molar-refractivity contribution in [1.29, 1.82) is 0 Å². The van der Waals surface area contributed by atoms with Gasteiger partial charge >= 0.3 is 0 Å². The number of aromatic nitrogens is 2. The molecule has 1 aromatic heterocycles. The molecule has 0 bridgehead atoms. The van der Waals surface area contributed by atoms with E-state index in [-0.39, 0.29) is 6.04 Å². The van der Waals surface area contributed by atoms with Gasteiger partial charge < -0.3 is 10.1 Å². The van der Waals surface area contributed by atoms with Gasteiger partial charge in [0.15, 0.2) is 5.16 Å². The molecular formula is C16H21N3OS. The maximum Gasteiger partial charge on any atom is 0.187 e. The molecule has 1 N–H and O–H groups in total. The lowest BCUT2D eigenvalue weighted by Gasteiger charge is -2.16. The summed E-state index contributed by atoms with van der Waals surface area (Å²) >= 11 is 1.66. The molecule has 0 saturated heterocycles. The number of benzene rings is 1. The number of nitrogens with one attached hydrogen (secondary N) is 1. The average Bonchev–Trinajstić information content (AvgIpc) is 2.50. The van der Waals surface area contributed by atoms with E-state index in [1.807, 2.05) is 39.1 Å². The van der Waals surface area contributed by atoms with E-state index in [0.29, 0.717) is 6.61 Å². The van der Waals surface area contributed by atoms with Crippen molar-refractivity contribution in [2.24, 2.45) is 0 Å². The summed E-state index contributed by atoms with van der Waals surface area (Å²) in [6, 6.07) is 10.4. The maximum atomic E-state index is 5.47. The molecule has 1 heterocycles. The first-order chi connectivity index (χ1) is 10.2. The SMILES string of the molecule is CCOc1ccc(C(CSc2nccc(C)n2)NC)cc1. The molecule has 2 aromatic rings. The Hall–Kier alpha value is -1.59. The summed E-state index contributed by atoms with van der Waals surface area (Å²) in [5, 5.41) is 4.16. The number of nitrogens with zero attached hydrogens (tertiary/aromatic N) is 2. The third-order valence-electron chi connectivity index (χ3n) is 3.09. The Bertz CT molecular complexity index is 560. The lowest BCUT2D eigenvalue weighted by molar-refractivity contribution is 0.340. The summed E-state index contributed by atoms with van der Waals surface area (Å²) in [6.45, 7) is 4.66. The van der Waals surface area contributed by atoms with Gasteiger partial charge in [-0.05, 0) is 44.7 Å². The third-order valence-corrected chi connectivity index (χ3v) is 4.05. The van der Waals surface area contributed by atoms with Gasteiger partial charge in [0.1, 0.15) is 5.75 Å². The molecule has 5 heteroatoms. The maximum absolute atomic E-state index is 5.47. The molecule has 0 fully saturated rings. The minimum absolute atomic E-state index is 0.259. The highest BCUT2D eigenvalue weighted by atomic mass is 32.2. The first kappa shape index (κ1) is 15.8. The molecule has 21 heavy (non-hydrogen) atoms. The van der Waals surface area contributed by atoms with Crippen LogP contribution in [0.1, 0.15) is 24.2 Å². The smallest absolute Gasteiger partial charge is 0.187 e. The van der Waals surface area contributed by atoms with Crippen LogP contribution in [0.2, 0.25) is 0 Å². The molecule has 1 unspecified atom stereocenters. The second kappa shape index (κ2) is 8.00. The van der Waals surface area contributed by atoms with Crippen LogP contribution in [0, 0.1) is 6.92 Å². The van der Waals surface area contributed by atoms with Crippen LogP contribution < -0.4 is 10.1 Å². The fraction of sp³-hybridized carbons (Fsp3) is 0.375. The molecule has 4 nitrogen and oxygen atoms in total.